The molecule has 2 heterocycles. The van der Waals surface area contributed by atoms with Crippen molar-refractivity contribution in [3.63, 3.8) is 0 Å². The van der Waals surface area contributed by atoms with E-state index in [-0.39, 0.29) is 22.8 Å². The van der Waals surface area contributed by atoms with E-state index in [0.717, 1.165) is 0 Å². The molecule has 0 aliphatic carbocycles. The third kappa shape index (κ3) is 3.43. The van der Waals surface area contributed by atoms with Crippen LogP contribution in [0, 0.1) is 0 Å². The highest BCUT2D eigenvalue weighted by Gasteiger charge is 2.39. The number of nitrogens with two attached hydrogens (primary N) is 1. The van der Waals surface area contributed by atoms with Crippen molar-refractivity contribution in [2.24, 2.45) is 5.73 Å². The van der Waals surface area contributed by atoms with Crippen LogP contribution in [-0.4, -0.2) is 46.4 Å². The zero-order valence-electron chi connectivity index (χ0n) is 13.0. The number of primary amides is 1. The summed E-state index contributed by atoms with van der Waals surface area (Å²) in [6, 6.07) is 3.26. The van der Waals surface area contributed by atoms with E-state index in [1.165, 1.54) is 30.2 Å². The van der Waals surface area contributed by atoms with E-state index in [9.17, 15) is 19.7 Å². The van der Waals surface area contributed by atoms with E-state index < -0.39 is 24.1 Å². The van der Waals surface area contributed by atoms with Crippen molar-refractivity contribution in [3.05, 3.63) is 34.3 Å². The Kier molecular flexibility index (Phi) is 4.88. The first-order valence-electron chi connectivity index (χ1n) is 7.10. The smallest absolute Gasteiger partial charge is 0.534 e. The van der Waals surface area contributed by atoms with Gasteiger partial charge in [0, 0.05) is 5.38 Å². The van der Waals surface area contributed by atoms with Gasteiger partial charge < -0.3 is 25.3 Å². The molecule has 1 aliphatic heterocycles. The number of fused-ring (bicyclic) bond motifs is 1. The van der Waals surface area contributed by atoms with Gasteiger partial charge in [-0.3, -0.25) is 4.79 Å². The first-order valence-corrected chi connectivity index (χ1v) is 8.86. The first-order chi connectivity index (χ1) is 11.9. The van der Waals surface area contributed by atoms with E-state index in [1.807, 2.05) is 0 Å². The third-order valence-electron chi connectivity index (χ3n) is 3.60. The number of amides is 1. The summed E-state index contributed by atoms with van der Waals surface area (Å²) in [5.41, 5.74) is 5.87. The van der Waals surface area contributed by atoms with E-state index in [4.69, 9.17) is 15.1 Å². The van der Waals surface area contributed by atoms with E-state index in [1.54, 1.807) is 17.5 Å². The normalized spacial score (nSPS) is 16.1. The maximum absolute atomic E-state index is 11.5. The molecule has 0 unspecified atom stereocenters. The number of carboxylic acids is 1. The largest absolute Gasteiger partial charge is 0.537 e. The van der Waals surface area contributed by atoms with Gasteiger partial charge in [-0.15, -0.1) is 11.3 Å². The van der Waals surface area contributed by atoms with Crippen molar-refractivity contribution < 1.29 is 29.1 Å². The number of carboxylic acid groups (broad SMARTS) is 1. The fourth-order valence-electron chi connectivity index (χ4n) is 2.44. The Hall–Kier alpha value is -2.24. The number of thiazole rings is 1. The van der Waals surface area contributed by atoms with Crippen molar-refractivity contribution in [2.75, 3.05) is 7.11 Å². The van der Waals surface area contributed by atoms with Crippen molar-refractivity contribution >= 4 is 42.1 Å². The molecule has 0 saturated carbocycles. The molecule has 0 saturated heterocycles. The molecule has 4 N–H and O–H groups in total. The molecule has 130 valence electrons. The highest BCUT2D eigenvalue weighted by atomic mass is 32.2. The molecule has 0 spiro atoms. The predicted octanol–water partition coefficient (Wildman–Crippen LogP) is 1.06. The van der Waals surface area contributed by atoms with Crippen molar-refractivity contribution in [1.29, 1.82) is 0 Å². The molecule has 0 radical (unpaired) electrons. The molecule has 2 aromatic rings. The van der Waals surface area contributed by atoms with Gasteiger partial charge in [-0.1, -0.05) is 17.8 Å². The van der Waals surface area contributed by atoms with E-state index in [0.29, 0.717) is 16.3 Å². The van der Waals surface area contributed by atoms with Crippen LogP contribution in [0.4, 0.5) is 0 Å². The van der Waals surface area contributed by atoms with Crippen LogP contribution in [0.15, 0.2) is 21.9 Å². The predicted molar refractivity (Wildman–Crippen MR) is 92.5 cm³/mol. The summed E-state index contributed by atoms with van der Waals surface area (Å²) >= 11 is 2.48. The number of thioether (sulfide) groups is 1. The number of benzene rings is 1. The molecule has 0 fully saturated rings. The van der Waals surface area contributed by atoms with Gasteiger partial charge in [0.25, 0.3) is 5.91 Å². The average molecular weight is 380 g/mol. The van der Waals surface area contributed by atoms with Gasteiger partial charge in [0.15, 0.2) is 4.34 Å². The highest BCUT2D eigenvalue weighted by molar-refractivity contribution is 8.02. The standard InChI is InChI=1S/C14H13BN2O6S2/c1-22-8-3-2-6-4-9(15(21)23-11(6)10(8)13(19)20)25-14-17-7(5-24-14)12(16)18/h2-3,5,9,21H,4H2,1H3,(H2,16,18)(H,19,20)/t9-/m0/s1. The van der Waals surface area contributed by atoms with Gasteiger partial charge in [0.1, 0.15) is 22.8 Å². The van der Waals surface area contributed by atoms with Gasteiger partial charge in [0.2, 0.25) is 0 Å². The van der Waals surface area contributed by atoms with Crippen LogP contribution in [0.2, 0.25) is 0 Å². The number of ether oxygens (including phenoxy) is 1. The van der Waals surface area contributed by atoms with Crippen molar-refractivity contribution in [3.8, 4) is 11.5 Å². The SMILES string of the molecule is COc1ccc2c(c1C(=O)O)OB(O)[C@@H](Sc1nc(C(N)=O)cs1)C2. The Morgan fingerprint density at radius 3 is 2.88 bits per heavy atom. The Labute approximate surface area is 151 Å². The van der Waals surface area contributed by atoms with Crippen LogP contribution < -0.4 is 15.1 Å². The van der Waals surface area contributed by atoms with E-state index in [2.05, 4.69) is 4.98 Å². The number of aromatic carboxylic acids is 1. The summed E-state index contributed by atoms with van der Waals surface area (Å²) in [5.74, 6) is -1.55. The van der Waals surface area contributed by atoms with Gasteiger partial charge in [0.05, 0.1) is 12.3 Å². The third-order valence-corrected chi connectivity index (χ3v) is 5.81. The highest BCUT2D eigenvalue weighted by Crippen LogP contribution is 2.40. The molecule has 25 heavy (non-hydrogen) atoms. The monoisotopic (exact) mass is 380 g/mol. The molecule has 11 heteroatoms. The number of rotatable bonds is 5. The topological polar surface area (TPSA) is 132 Å². The van der Waals surface area contributed by atoms with Gasteiger partial charge in [-0.05, 0) is 18.1 Å². The lowest BCUT2D eigenvalue weighted by molar-refractivity contribution is 0.0690. The average Bonchev–Trinajstić information content (AvgIpc) is 3.03. The first kappa shape index (κ1) is 17.6. The summed E-state index contributed by atoms with van der Waals surface area (Å²) in [6.07, 6.45) is 0.372. The van der Waals surface area contributed by atoms with Crippen LogP contribution in [0.5, 0.6) is 11.5 Å². The molecular weight excluding hydrogens is 367 g/mol. The van der Waals surface area contributed by atoms with Crippen LogP contribution >= 0.6 is 23.1 Å². The van der Waals surface area contributed by atoms with Crippen LogP contribution in [0.1, 0.15) is 26.4 Å². The zero-order chi connectivity index (χ0) is 18.1. The second-order valence-electron chi connectivity index (χ2n) is 5.17. The quantitative estimate of drug-likeness (QED) is 0.656. The molecule has 1 aromatic carbocycles. The number of carbonyl (C=O) groups excluding carboxylic acids is 1. The molecule has 1 atom stereocenters. The summed E-state index contributed by atoms with van der Waals surface area (Å²) in [6.45, 7) is 0. The van der Waals surface area contributed by atoms with Gasteiger partial charge in [-0.2, -0.15) is 0 Å². The Balaban J connectivity index is 1.87. The fraction of sp³-hybridized carbons (Fsp3) is 0.214. The summed E-state index contributed by atoms with van der Waals surface area (Å²) in [7, 11) is 0.133. The lowest BCUT2D eigenvalue weighted by Crippen LogP contribution is -2.40. The number of hydrogen-bond acceptors (Lipinski definition) is 8. The summed E-state index contributed by atoms with van der Waals surface area (Å²) in [4.78, 5) is 26.7. The molecule has 1 amide bonds. The molecule has 1 aliphatic rings. The summed E-state index contributed by atoms with van der Waals surface area (Å²) in [5, 5.41) is 20.8. The molecule has 3 rings (SSSR count). The number of carbonyl (C=O) groups is 2. The number of methoxy groups -OCH3 is 1. The minimum Gasteiger partial charge on any atom is -0.534 e. The zero-order valence-corrected chi connectivity index (χ0v) is 14.6. The van der Waals surface area contributed by atoms with Crippen molar-refractivity contribution in [2.45, 2.75) is 15.9 Å². The van der Waals surface area contributed by atoms with Gasteiger partial charge >= 0.3 is 13.1 Å². The lowest BCUT2D eigenvalue weighted by atomic mass is 9.77. The molecule has 8 nitrogen and oxygen atoms in total. The second-order valence-corrected chi connectivity index (χ2v) is 7.51. The maximum Gasteiger partial charge on any atom is 0.537 e. The Bertz CT molecular complexity index is 843. The maximum atomic E-state index is 11.5. The number of aromatic nitrogens is 1. The van der Waals surface area contributed by atoms with Gasteiger partial charge in [-0.25, -0.2) is 9.78 Å². The minimum absolute atomic E-state index is 0.105. The number of nitrogens with zero attached hydrogens (tertiary/aromatic N) is 1. The molecular formula is C14H13BN2O6S2. The number of hydrogen-bond donors (Lipinski definition) is 3. The second kappa shape index (κ2) is 6.94. The van der Waals surface area contributed by atoms with Crippen LogP contribution in [0.25, 0.3) is 0 Å². The van der Waals surface area contributed by atoms with Crippen molar-refractivity contribution in [1.82, 2.24) is 4.98 Å². The lowest BCUT2D eigenvalue weighted by Gasteiger charge is -2.28. The van der Waals surface area contributed by atoms with Crippen LogP contribution in [-0.2, 0) is 6.42 Å². The minimum atomic E-state index is -1.23. The van der Waals surface area contributed by atoms with Crippen LogP contribution in [0.3, 0.4) is 0 Å². The Morgan fingerprint density at radius 2 is 2.28 bits per heavy atom. The fourth-order valence-corrected chi connectivity index (χ4v) is 4.56. The molecule has 1 aromatic heterocycles. The molecule has 0 bridgehead atoms. The van der Waals surface area contributed by atoms with E-state index >= 15 is 0 Å². The summed E-state index contributed by atoms with van der Waals surface area (Å²) < 4.78 is 11.1. The Morgan fingerprint density at radius 1 is 1.52 bits per heavy atom.